The summed E-state index contributed by atoms with van der Waals surface area (Å²) in [7, 11) is 0. The van der Waals surface area contributed by atoms with Crippen LogP contribution in [-0.2, 0) is 6.54 Å². The van der Waals surface area contributed by atoms with Crippen molar-refractivity contribution in [3.63, 3.8) is 0 Å². The van der Waals surface area contributed by atoms with Crippen LogP contribution in [0, 0.1) is 0 Å². The Morgan fingerprint density at radius 3 is 2.75 bits per heavy atom. The van der Waals surface area contributed by atoms with Crippen molar-refractivity contribution < 1.29 is 13.2 Å². The highest BCUT2D eigenvalue weighted by atomic mass is 19.3. The molecule has 0 amide bonds. The van der Waals surface area contributed by atoms with Gasteiger partial charge in [0.25, 0.3) is 5.92 Å². The second-order valence-corrected chi connectivity index (χ2v) is 5.33. The molecule has 0 aliphatic heterocycles. The zero-order valence-electron chi connectivity index (χ0n) is 11.2. The molecule has 20 heavy (non-hydrogen) atoms. The number of alkyl halides is 2. The van der Waals surface area contributed by atoms with E-state index in [0.29, 0.717) is 30.9 Å². The van der Waals surface area contributed by atoms with Crippen LogP contribution >= 0.6 is 0 Å². The predicted molar refractivity (Wildman–Crippen MR) is 71.4 cm³/mol. The summed E-state index contributed by atoms with van der Waals surface area (Å²) in [5.41, 5.74) is -0.172. The van der Waals surface area contributed by atoms with Gasteiger partial charge in [0, 0.05) is 24.9 Å². The molecule has 106 valence electrons. The van der Waals surface area contributed by atoms with Crippen molar-refractivity contribution in [3.05, 3.63) is 42.4 Å². The second kappa shape index (κ2) is 4.66. The minimum atomic E-state index is -2.70. The van der Waals surface area contributed by atoms with Crippen LogP contribution in [0.3, 0.4) is 0 Å². The van der Waals surface area contributed by atoms with Crippen molar-refractivity contribution in [1.82, 2.24) is 10.3 Å². The topological polar surface area (TPSA) is 38.1 Å². The van der Waals surface area contributed by atoms with Gasteiger partial charge in [0.05, 0.1) is 12.1 Å². The van der Waals surface area contributed by atoms with E-state index in [1.807, 2.05) is 18.2 Å². The maximum atomic E-state index is 13.4. The number of furan rings is 1. The lowest BCUT2D eigenvalue weighted by Gasteiger charge is -2.23. The van der Waals surface area contributed by atoms with Crippen molar-refractivity contribution in [2.45, 2.75) is 37.8 Å². The molecule has 1 fully saturated rings. The van der Waals surface area contributed by atoms with E-state index in [2.05, 4.69) is 10.3 Å². The number of nitrogens with zero attached hydrogens (tertiary/aromatic N) is 1. The van der Waals surface area contributed by atoms with Crippen LogP contribution in [0.2, 0.25) is 0 Å². The van der Waals surface area contributed by atoms with Gasteiger partial charge in [-0.1, -0.05) is 0 Å². The lowest BCUT2D eigenvalue weighted by Crippen LogP contribution is -2.45. The van der Waals surface area contributed by atoms with Crippen LogP contribution in [0.5, 0.6) is 0 Å². The van der Waals surface area contributed by atoms with E-state index in [1.165, 1.54) is 0 Å². The fourth-order valence-electron chi connectivity index (χ4n) is 2.29. The molecule has 3 rings (SSSR count). The first kappa shape index (κ1) is 13.2. The van der Waals surface area contributed by atoms with Crippen molar-refractivity contribution in [2.75, 3.05) is 0 Å². The van der Waals surface area contributed by atoms with Gasteiger partial charge < -0.3 is 4.42 Å². The Morgan fingerprint density at radius 2 is 2.15 bits per heavy atom. The molecule has 0 atom stereocenters. The smallest absolute Gasteiger partial charge is 0.263 e. The average Bonchev–Trinajstić information content (AvgIpc) is 3.09. The summed E-state index contributed by atoms with van der Waals surface area (Å²) < 4.78 is 32.5. The maximum absolute atomic E-state index is 13.4. The molecule has 3 nitrogen and oxygen atoms in total. The van der Waals surface area contributed by atoms with Crippen LogP contribution in [-0.4, -0.2) is 16.4 Å². The molecule has 2 heterocycles. The monoisotopic (exact) mass is 278 g/mol. The van der Waals surface area contributed by atoms with Crippen LogP contribution in [0.1, 0.15) is 25.5 Å². The largest absolute Gasteiger partial charge is 0.460 e. The Labute approximate surface area is 116 Å². The van der Waals surface area contributed by atoms with E-state index in [0.717, 1.165) is 12.5 Å². The normalized spacial score (nSPS) is 17.1. The van der Waals surface area contributed by atoms with Gasteiger partial charge >= 0.3 is 0 Å². The standard InChI is InChI=1S/C15H16F2N2O/c1-14(16,17)15(6-7-15)19-10-12-4-5-13(20-12)11-3-2-8-18-9-11/h2-5,8-9,19H,6-7,10H2,1H3. The van der Waals surface area contributed by atoms with Crippen molar-refractivity contribution in [2.24, 2.45) is 0 Å². The van der Waals surface area contributed by atoms with E-state index in [4.69, 9.17) is 4.42 Å². The minimum absolute atomic E-state index is 0.309. The Morgan fingerprint density at radius 1 is 1.35 bits per heavy atom. The van der Waals surface area contributed by atoms with Gasteiger partial charge in [-0.25, -0.2) is 8.78 Å². The summed E-state index contributed by atoms with van der Waals surface area (Å²) in [6, 6.07) is 7.36. The summed E-state index contributed by atoms with van der Waals surface area (Å²) in [4.78, 5) is 4.02. The molecule has 1 N–H and O–H groups in total. The number of hydrogen-bond donors (Lipinski definition) is 1. The molecule has 1 saturated carbocycles. The molecule has 0 bridgehead atoms. The minimum Gasteiger partial charge on any atom is -0.460 e. The molecule has 1 aliphatic carbocycles. The van der Waals surface area contributed by atoms with Gasteiger partial charge in [0.1, 0.15) is 11.5 Å². The fourth-order valence-corrected chi connectivity index (χ4v) is 2.29. The van der Waals surface area contributed by atoms with Crippen LogP contribution in [0.15, 0.2) is 41.1 Å². The molecular weight excluding hydrogens is 262 g/mol. The maximum Gasteiger partial charge on any atom is 0.263 e. The average molecular weight is 278 g/mol. The first-order valence-electron chi connectivity index (χ1n) is 6.62. The lowest BCUT2D eigenvalue weighted by atomic mass is 10.1. The van der Waals surface area contributed by atoms with E-state index >= 15 is 0 Å². The number of hydrogen-bond acceptors (Lipinski definition) is 3. The third-order valence-corrected chi connectivity index (χ3v) is 3.80. The summed E-state index contributed by atoms with van der Waals surface area (Å²) in [5.74, 6) is -1.35. The Balaban J connectivity index is 1.67. The van der Waals surface area contributed by atoms with E-state index in [9.17, 15) is 8.78 Å². The first-order chi connectivity index (χ1) is 9.50. The van der Waals surface area contributed by atoms with Crippen molar-refractivity contribution >= 4 is 0 Å². The number of rotatable bonds is 5. The Hall–Kier alpha value is -1.75. The van der Waals surface area contributed by atoms with Gasteiger partial charge in [-0.2, -0.15) is 0 Å². The van der Waals surface area contributed by atoms with E-state index < -0.39 is 11.5 Å². The quantitative estimate of drug-likeness (QED) is 0.907. The molecule has 0 radical (unpaired) electrons. The summed E-state index contributed by atoms with van der Waals surface area (Å²) in [6.45, 7) is 1.28. The molecule has 0 spiro atoms. The zero-order valence-corrected chi connectivity index (χ0v) is 11.2. The highest BCUT2D eigenvalue weighted by Crippen LogP contribution is 2.48. The van der Waals surface area contributed by atoms with Crippen molar-refractivity contribution in [3.8, 4) is 11.3 Å². The number of aromatic nitrogens is 1. The van der Waals surface area contributed by atoms with Crippen molar-refractivity contribution in [1.29, 1.82) is 0 Å². The summed E-state index contributed by atoms with van der Waals surface area (Å²) >= 11 is 0. The summed E-state index contributed by atoms with van der Waals surface area (Å²) in [5, 5.41) is 2.93. The van der Waals surface area contributed by atoms with Crippen LogP contribution in [0.25, 0.3) is 11.3 Å². The van der Waals surface area contributed by atoms with E-state index in [1.54, 1.807) is 18.5 Å². The third kappa shape index (κ3) is 2.45. The Bertz CT molecular complexity index is 585. The van der Waals surface area contributed by atoms with E-state index in [-0.39, 0.29) is 0 Å². The molecule has 5 heteroatoms. The van der Waals surface area contributed by atoms with Gasteiger partial charge in [0.15, 0.2) is 0 Å². The molecular formula is C15H16F2N2O. The molecule has 0 unspecified atom stereocenters. The molecule has 2 aromatic heterocycles. The third-order valence-electron chi connectivity index (χ3n) is 3.80. The number of nitrogens with one attached hydrogen (secondary N) is 1. The highest BCUT2D eigenvalue weighted by molar-refractivity contribution is 5.55. The highest BCUT2D eigenvalue weighted by Gasteiger charge is 2.58. The lowest BCUT2D eigenvalue weighted by molar-refractivity contribution is -0.0313. The summed E-state index contributed by atoms with van der Waals surface area (Å²) in [6.07, 6.45) is 4.41. The Kier molecular flexibility index (Phi) is 3.09. The predicted octanol–water partition coefficient (Wildman–Crippen LogP) is 3.62. The van der Waals surface area contributed by atoms with Crippen LogP contribution < -0.4 is 5.32 Å². The molecule has 1 aliphatic rings. The van der Waals surface area contributed by atoms with Gasteiger partial charge in [0.2, 0.25) is 0 Å². The van der Waals surface area contributed by atoms with Gasteiger partial charge in [-0.15, -0.1) is 0 Å². The first-order valence-corrected chi connectivity index (χ1v) is 6.62. The molecule has 0 saturated heterocycles. The number of halogens is 2. The van der Waals surface area contributed by atoms with Gasteiger partial charge in [-0.3, -0.25) is 10.3 Å². The SMILES string of the molecule is CC(F)(F)C1(NCc2ccc(-c3cccnc3)o2)CC1. The number of pyridine rings is 1. The zero-order chi connectivity index (χ0) is 14.2. The molecule has 2 aromatic rings. The van der Waals surface area contributed by atoms with Gasteiger partial charge in [-0.05, 0) is 37.1 Å². The molecule has 0 aromatic carbocycles. The fraction of sp³-hybridized carbons (Fsp3) is 0.400. The second-order valence-electron chi connectivity index (χ2n) is 5.33. The van der Waals surface area contributed by atoms with Crippen LogP contribution in [0.4, 0.5) is 8.78 Å².